The second kappa shape index (κ2) is 4.98. The van der Waals surface area contributed by atoms with Crippen molar-refractivity contribution in [2.45, 2.75) is 32.2 Å². The number of carbonyl (C=O) groups is 1. The van der Waals surface area contributed by atoms with Gasteiger partial charge in [-0.05, 0) is 5.92 Å². The molecule has 1 rings (SSSR count). The van der Waals surface area contributed by atoms with Crippen LogP contribution in [0.3, 0.4) is 0 Å². The summed E-state index contributed by atoms with van der Waals surface area (Å²) in [6, 6.07) is -2.04. The van der Waals surface area contributed by atoms with E-state index < -0.39 is 41.7 Å². The Morgan fingerprint density at radius 1 is 1.20 bits per heavy atom. The van der Waals surface area contributed by atoms with E-state index in [9.17, 15) is 31.1 Å². The molecular weight excluding hydrogens is 294 g/mol. The summed E-state index contributed by atoms with van der Waals surface area (Å²) in [4.78, 5) is 11.0. The van der Waals surface area contributed by atoms with Crippen LogP contribution in [-0.2, 0) is 17.1 Å². The number of halogens is 6. The summed E-state index contributed by atoms with van der Waals surface area (Å²) >= 11 is 0. The second-order valence-electron chi connectivity index (χ2n) is 4.38. The highest BCUT2D eigenvalue weighted by atomic mass is 19.4. The Balaban J connectivity index is 3.51. The van der Waals surface area contributed by atoms with Crippen molar-refractivity contribution in [3.05, 3.63) is 17.5 Å². The minimum absolute atomic E-state index is 0.129. The van der Waals surface area contributed by atoms with E-state index >= 15 is 0 Å². The standard InChI is InChI=1S/C10H10F6N2O2/c1-4(2)7(8(19)20)18-6(10(14,15)16)3-5(17-18)9(11,12)13/h3-4,7H,1-2H3,(H,19,20). The first-order chi connectivity index (χ1) is 8.85. The van der Waals surface area contributed by atoms with E-state index in [-0.39, 0.29) is 10.7 Å². The quantitative estimate of drug-likeness (QED) is 0.872. The van der Waals surface area contributed by atoms with Gasteiger partial charge >= 0.3 is 18.3 Å². The van der Waals surface area contributed by atoms with Gasteiger partial charge in [0.2, 0.25) is 0 Å². The van der Waals surface area contributed by atoms with Gasteiger partial charge in [0.15, 0.2) is 11.7 Å². The summed E-state index contributed by atoms with van der Waals surface area (Å²) in [6.45, 7) is 2.54. The zero-order valence-electron chi connectivity index (χ0n) is 10.2. The third-order valence-electron chi connectivity index (χ3n) is 2.46. The zero-order valence-corrected chi connectivity index (χ0v) is 10.2. The Bertz CT molecular complexity index is 503. The fourth-order valence-corrected chi connectivity index (χ4v) is 1.63. The summed E-state index contributed by atoms with van der Waals surface area (Å²) in [5, 5.41) is 11.7. The third kappa shape index (κ3) is 3.23. The number of alkyl halides is 6. The van der Waals surface area contributed by atoms with E-state index in [1.54, 1.807) is 0 Å². The molecule has 10 heteroatoms. The van der Waals surface area contributed by atoms with Gasteiger partial charge < -0.3 is 5.11 Å². The maximum Gasteiger partial charge on any atom is 0.435 e. The first-order valence-corrected chi connectivity index (χ1v) is 5.32. The molecule has 1 aromatic heterocycles. The van der Waals surface area contributed by atoms with E-state index in [2.05, 4.69) is 5.10 Å². The Morgan fingerprint density at radius 2 is 1.70 bits per heavy atom. The second-order valence-corrected chi connectivity index (χ2v) is 4.38. The largest absolute Gasteiger partial charge is 0.480 e. The fraction of sp³-hybridized carbons (Fsp3) is 0.600. The normalized spacial score (nSPS) is 14.7. The molecule has 0 aromatic carbocycles. The van der Waals surface area contributed by atoms with Crippen molar-refractivity contribution >= 4 is 5.97 Å². The van der Waals surface area contributed by atoms with E-state index in [1.165, 1.54) is 13.8 Å². The van der Waals surface area contributed by atoms with Crippen LogP contribution in [-0.4, -0.2) is 20.9 Å². The Kier molecular flexibility index (Phi) is 4.07. The molecule has 0 saturated carbocycles. The number of hydrogen-bond donors (Lipinski definition) is 1. The number of carboxylic acids is 1. The van der Waals surface area contributed by atoms with Gasteiger partial charge in [0.05, 0.1) is 0 Å². The van der Waals surface area contributed by atoms with Crippen LogP contribution in [0.25, 0.3) is 0 Å². The lowest BCUT2D eigenvalue weighted by Crippen LogP contribution is -2.29. The lowest BCUT2D eigenvalue weighted by Gasteiger charge is -2.20. The van der Waals surface area contributed by atoms with Crippen molar-refractivity contribution in [3.63, 3.8) is 0 Å². The molecule has 0 aliphatic rings. The van der Waals surface area contributed by atoms with Crippen molar-refractivity contribution in [3.8, 4) is 0 Å². The maximum absolute atomic E-state index is 12.7. The van der Waals surface area contributed by atoms with Gasteiger partial charge in [-0.1, -0.05) is 13.8 Å². The molecule has 0 amide bonds. The summed E-state index contributed by atoms with van der Waals surface area (Å²) in [6.07, 6.45) is -10.2. The van der Waals surface area contributed by atoms with Crippen LogP contribution in [0.4, 0.5) is 26.3 Å². The lowest BCUT2D eigenvalue weighted by molar-refractivity contribution is -0.151. The highest BCUT2D eigenvalue weighted by Crippen LogP contribution is 2.37. The molecule has 1 aromatic rings. The monoisotopic (exact) mass is 304 g/mol. The minimum atomic E-state index is -5.14. The molecule has 0 bridgehead atoms. The molecular formula is C10H10F6N2O2. The maximum atomic E-state index is 12.7. The highest BCUT2D eigenvalue weighted by Gasteiger charge is 2.44. The van der Waals surface area contributed by atoms with E-state index in [0.29, 0.717) is 0 Å². The first kappa shape index (κ1) is 16.3. The SMILES string of the molecule is CC(C)C(C(=O)O)n1nc(C(F)(F)F)cc1C(F)(F)F. The third-order valence-corrected chi connectivity index (χ3v) is 2.46. The molecule has 0 fully saturated rings. The summed E-state index contributed by atoms with van der Waals surface area (Å²) < 4.78 is 75.4. The molecule has 0 aliphatic carbocycles. The van der Waals surface area contributed by atoms with Crippen LogP contribution in [0.2, 0.25) is 0 Å². The Hall–Kier alpha value is -1.74. The highest BCUT2D eigenvalue weighted by molar-refractivity contribution is 5.72. The van der Waals surface area contributed by atoms with Crippen LogP contribution in [0.15, 0.2) is 6.07 Å². The number of nitrogens with zero attached hydrogens (tertiary/aromatic N) is 2. The van der Waals surface area contributed by atoms with Crippen molar-refractivity contribution in [1.82, 2.24) is 9.78 Å². The van der Waals surface area contributed by atoms with Gasteiger partial charge in [-0.15, -0.1) is 0 Å². The van der Waals surface area contributed by atoms with Crippen LogP contribution in [0.1, 0.15) is 31.3 Å². The molecule has 1 heterocycles. The number of aromatic nitrogens is 2. The van der Waals surface area contributed by atoms with Crippen LogP contribution < -0.4 is 0 Å². The minimum Gasteiger partial charge on any atom is -0.480 e. The van der Waals surface area contributed by atoms with E-state index in [1.807, 2.05) is 0 Å². The summed E-state index contributed by atoms with van der Waals surface area (Å²) in [5.41, 5.74) is -3.53. The van der Waals surface area contributed by atoms with Gasteiger partial charge in [0, 0.05) is 6.07 Å². The van der Waals surface area contributed by atoms with Crippen molar-refractivity contribution in [2.75, 3.05) is 0 Å². The molecule has 1 unspecified atom stereocenters. The number of carboxylic acid groups (broad SMARTS) is 1. The lowest BCUT2D eigenvalue weighted by atomic mass is 10.0. The molecule has 20 heavy (non-hydrogen) atoms. The van der Waals surface area contributed by atoms with Crippen LogP contribution in [0, 0.1) is 5.92 Å². The number of rotatable bonds is 3. The van der Waals surface area contributed by atoms with Gasteiger partial charge in [-0.2, -0.15) is 31.4 Å². The number of aliphatic carboxylic acids is 1. The van der Waals surface area contributed by atoms with E-state index in [4.69, 9.17) is 5.11 Å². The summed E-state index contributed by atoms with van der Waals surface area (Å²) in [7, 11) is 0. The molecule has 114 valence electrons. The average molecular weight is 304 g/mol. The van der Waals surface area contributed by atoms with Crippen molar-refractivity contribution in [1.29, 1.82) is 0 Å². The molecule has 1 N–H and O–H groups in total. The van der Waals surface area contributed by atoms with Gasteiger partial charge in [-0.3, -0.25) is 0 Å². The van der Waals surface area contributed by atoms with Crippen LogP contribution >= 0.6 is 0 Å². The smallest absolute Gasteiger partial charge is 0.435 e. The topological polar surface area (TPSA) is 55.1 Å². The van der Waals surface area contributed by atoms with Crippen LogP contribution in [0.5, 0.6) is 0 Å². The predicted octanol–water partition coefficient (Wildman–Crippen LogP) is 3.20. The molecule has 1 atom stereocenters. The molecule has 0 radical (unpaired) electrons. The van der Waals surface area contributed by atoms with Gasteiger partial charge in [-0.25, -0.2) is 9.48 Å². The summed E-state index contributed by atoms with van der Waals surface area (Å²) in [5.74, 6) is -2.57. The number of hydrogen-bond acceptors (Lipinski definition) is 2. The zero-order chi connectivity index (χ0) is 15.9. The van der Waals surface area contributed by atoms with E-state index in [0.717, 1.165) is 0 Å². The average Bonchev–Trinajstić information content (AvgIpc) is 2.59. The first-order valence-electron chi connectivity index (χ1n) is 5.32. The van der Waals surface area contributed by atoms with Crippen molar-refractivity contribution < 1.29 is 36.2 Å². The molecule has 0 saturated heterocycles. The van der Waals surface area contributed by atoms with Gasteiger partial charge in [0.1, 0.15) is 5.69 Å². The van der Waals surface area contributed by atoms with Gasteiger partial charge in [0.25, 0.3) is 0 Å². The Labute approximate surface area is 109 Å². The fourth-order valence-electron chi connectivity index (χ4n) is 1.63. The molecule has 0 aliphatic heterocycles. The van der Waals surface area contributed by atoms with Crippen molar-refractivity contribution in [2.24, 2.45) is 5.92 Å². The predicted molar refractivity (Wildman–Crippen MR) is 53.7 cm³/mol. The molecule has 0 spiro atoms. The molecule has 4 nitrogen and oxygen atoms in total. The Morgan fingerprint density at radius 3 is 2.00 bits per heavy atom.